The zero-order chi connectivity index (χ0) is 13.4. The summed E-state index contributed by atoms with van der Waals surface area (Å²) in [6.45, 7) is 4.38. The fourth-order valence-corrected chi connectivity index (χ4v) is 3.49. The lowest BCUT2D eigenvalue weighted by Gasteiger charge is -2.42. The van der Waals surface area contributed by atoms with E-state index in [-0.39, 0.29) is 11.5 Å². The second kappa shape index (κ2) is 5.12. The van der Waals surface area contributed by atoms with Crippen LogP contribution in [0.4, 0.5) is 10.1 Å². The number of halogens is 1. The van der Waals surface area contributed by atoms with E-state index in [1.165, 1.54) is 37.9 Å². The van der Waals surface area contributed by atoms with Gasteiger partial charge in [-0.15, -0.1) is 0 Å². The van der Waals surface area contributed by atoms with Crippen LogP contribution in [0.1, 0.15) is 49.1 Å². The number of benzene rings is 1. The molecule has 0 radical (unpaired) electrons. The number of nitrogen functional groups attached to an aromatic ring is 1. The SMILES string of the molecule is Cc1cc(N)c(F)cc1C1CCN(C2CCC2)CC1. The number of aryl methyl sites for hydroxylation is 1. The molecule has 104 valence electrons. The van der Waals surface area contributed by atoms with Crippen LogP contribution in [0.25, 0.3) is 0 Å². The van der Waals surface area contributed by atoms with Crippen LogP contribution in [-0.2, 0) is 0 Å². The quantitative estimate of drug-likeness (QED) is 0.827. The maximum atomic E-state index is 13.6. The molecule has 19 heavy (non-hydrogen) atoms. The van der Waals surface area contributed by atoms with Gasteiger partial charge in [0.2, 0.25) is 0 Å². The van der Waals surface area contributed by atoms with Crippen LogP contribution < -0.4 is 5.73 Å². The number of nitrogens with two attached hydrogens (primary N) is 1. The normalized spacial score (nSPS) is 22.4. The third-order valence-corrected chi connectivity index (χ3v) is 4.95. The minimum Gasteiger partial charge on any atom is -0.396 e. The maximum absolute atomic E-state index is 13.6. The van der Waals surface area contributed by atoms with Crippen molar-refractivity contribution in [1.82, 2.24) is 4.90 Å². The van der Waals surface area contributed by atoms with Gasteiger partial charge in [0.1, 0.15) is 5.82 Å². The van der Waals surface area contributed by atoms with E-state index >= 15 is 0 Å². The largest absolute Gasteiger partial charge is 0.396 e. The summed E-state index contributed by atoms with van der Waals surface area (Å²) in [5.41, 5.74) is 8.20. The molecule has 2 fully saturated rings. The van der Waals surface area contributed by atoms with Gasteiger partial charge in [0.05, 0.1) is 5.69 Å². The molecule has 0 amide bonds. The van der Waals surface area contributed by atoms with E-state index in [1.807, 2.05) is 6.92 Å². The summed E-state index contributed by atoms with van der Waals surface area (Å²) < 4.78 is 13.6. The van der Waals surface area contributed by atoms with Crippen LogP contribution in [0.2, 0.25) is 0 Å². The Balaban J connectivity index is 1.69. The molecule has 2 nitrogen and oxygen atoms in total. The lowest BCUT2D eigenvalue weighted by atomic mass is 9.84. The molecular formula is C16H23FN2. The Morgan fingerprint density at radius 3 is 2.42 bits per heavy atom. The number of nitrogens with zero attached hydrogens (tertiary/aromatic N) is 1. The predicted octanol–water partition coefficient (Wildman–Crippen LogP) is 3.45. The first-order chi connectivity index (χ1) is 9.15. The van der Waals surface area contributed by atoms with Crippen LogP contribution >= 0.6 is 0 Å². The van der Waals surface area contributed by atoms with Crippen LogP contribution in [-0.4, -0.2) is 24.0 Å². The highest BCUT2D eigenvalue weighted by molar-refractivity contribution is 5.47. The van der Waals surface area contributed by atoms with E-state index in [0.29, 0.717) is 5.92 Å². The first-order valence-corrected chi connectivity index (χ1v) is 7.44. The average molecular weight is 262 g/mol. The molecule has 3 heteroatoms. The smallest absolute Gasteiger partial charge is 0.146 e. The van der Waals surface area contributed by atoms with Crippen molar-refractivity contribution in [2.24, 2.45) is 0 Å². The van der Waals surface area contributed by atoms with E-state index in [0.717, 1.165) is 24.4 Å². The van der Waals surface area contributed by atoms with E-state index in [1.54, 1.807) is 12.1 Å². The van der Waals surface area contributed by atoms with Crippen LogP contribution in [0.3, 0.4) is 0 Å². The molecule has 1 aromatic rings. The van der Waals surface area contributed by atoms with Crippen LogP contribution in [0.15, 0.2) is 12.1 Å². The number of hydrogen-bond acceptors (Lipinski definition) is 2. The summed E-state index contributed by atoms with van der Waals surface area (Å²) >= 11 is 0. The molecule has 0 unspecified atom stereocenters. The zero-order valence-corrected chi connectivity index (χ0v) is 11.7. The van der Waals surface area contributed by atoms with Gasteiger partial charge in [-0.25, -0.2) is 4.39 Å². The molecule has 1 aromatic carbocycles. The van der Waals surface area contributed by atoms with Gasteiger partial charge in [-0.2, -0.15) is 0 Å². The monoisotopic (exact) mass is 262 g/mol. The second-order valence-corrected chi connectivity index (χ2v) is 6.13. The van der Waals surface area contributed by atoms with Crippen molar-refractivity contribution in [3.8, 4) is 0 Å². The number of anilines is 1. The molecule has 1 aliphatic carbocycles. The highest BCUT2D eigenvalue weighted by Crippen LogP contribution is 2.35. The molecule has 0 spiro atoms. The zero-order valence-electron chi connectivity index (χ0n) is 11.7. The van der Waals surface area contributed by atoms with Gasteiger partial charge in [0.15, 0.2) is 0 Å². The summed E-state index contributed by atoms with van der Waals surface area (Å²) in [6.07, 6.45) is 6.45. The summed E-state index contributed by atoms with van der Waals surface area (Å²) in [4.78, 5) is 2.63. The maximum Gasteiger partial charge on any atom is 0.146 e. The third-order valence-electron chi connectivity index (χ3n) is 4.95. The van der Waals surface area contributed by atoms with Crippen molar-refractivity contribution in [3.05, 3.63) is 29.1 Å². The standard InChI is InChI=1S/C16H23FN2/c1-11-9-16(18)15(17)10-14(11)12-5-7-19(8-6-12)13-3-2-4-13/h9-10,12-13H,2-8,18H2,1H3. The summed E-state index contributed by atoms with van der Waals surface area (Å²) in [6, 6.07) is 4.28. The van der Waals surface area contributed by atoms with Gasteiger partial charge in [-0.1, -0.05) is 6.42 Å². The predicted molar refractivity (Wildman–Crippen MR) is 76.7 cm³/mol. The Hall–Kier alpha value is -1.09. The Morgan fingerprint density at radius 2 is 1.84 bits per heavy atom. The topological polar surface area (TPSA) is 29.3 Å². The minimum absolute atomic E-state index is 0.262. The lowest BCUT2D eigenvalue weighted by Crippen LogP contribution is -2.44. The Morgan fingerprint density at radius 1 is 1.16 bits per heavy atom. The molecule has 1 saturated heterocycles. The fraction of sp³-hybridized carbons (Fsp3) is 0.625. The molecule has 1 aliphatic heterocycles. The third kappa shape index (κ3) is 2.48. The molecule has 1 heterocycles. The van der Waals surface area contributed by atoms with Crippen molar-refractivity contribution in [3.63, 3.8) is 0 Å². The Kier molecular flexibility index (Phi) is 3.48. The van der Waals surface area contributed by atoms with Gasteiger partial charge in [-0.05, 0) is 74.9 Å². The Bertz CT molecular complexity index is 460. The van der Waals surface area contributed by atoms with E-state index in [4.69, 9.17) is 5.73 Å². The molecule has 2 aliphatic rings. The van der Waals surface area contributed by atoms with E-state index in [9.17, 15) is 4.39 Å². The lowest BCUT2D eigenvalue weighted by molar-refractivity contribution is 0.0974. The van der Waals surface area contributed by atoms with Crippen LogP contribution in [0, 0.1) is 12.7 Å². The van der Waals surface area contributed by atoms with Crippen LogP contribution in [0.5, 0.6) is 0 Å². The highest BCUT2D eigenvalue weighted by atomic mass is 19.1. The molecule has 2 N–H and O–H groups in total. The highest BCUT2D eigenvalue weighted by Gasteiger charge is 2.29. The van der Waals surface area contributed by atoms with Crippen molar-refractivity contribution >= 4 is 5.69 Å². The average Bonchev–Trinajstić information content (AvgIpc) is 2.33. The van der Waals surface area contributed by atoms with E-state index in [2.05, 4.69) is 4.90 Å². The van der Waals surface area contributed by atoms with Gasteiger partial charge < -0.3 is 10.6 Å². The minimum atomic E-state index is -0.262. The Labute approximate surface area is 114 Å². The van der Waals surface area contributed by atoms with Crippen molar-refractivity contribution in [2.45, 2.75) is 51.0 Å². The first-order valence-electron chi connectivity index (χ1n) is 7.44. The number of piperidine rings is 1. The molecule has 0 bridgehead atoms. The molecule has 1 saturated carbocycles. The van der Waals surface area contributed by atoms with Gasteiger partial charge in [0, 0.05) is 6.04 Å². The van der Waals surface area contributed by atoms with Gasteiger partial charge in [-0.3, -0.25) is 0 Å². The van der Waals surface area contributed by atoms with Gasteiger partial charge in [0.25, 0.3) is 0 Å². The van der Waals surface area contributed by atoms with Gasteiger partial charge >= 0.3 is 0 Å². The van der Waals surface area contributed by atoms with Crippen molar-refractivity contribution < 1.29 is 4.39 Å². The number of rotatable bonds is 2. The summed E-state index contributed by atoms with van der Waals surface area (Å²) in [5, 5.41) is 0. The second-order valence-electron chi connectivity index (χ2n) is 6.13. The molecular weight excluding hydrogens is 239 g/mol. The number of likely N-dealkylation sites (tertiary alicyclic amines) is 1. The van der Waals surface area contributed by atoms with E-state index < -0.39 is 0 Å². The van der Waals surface area contributed by atoms with Crippen molar-refractivity contribution in [2.75, 3.05) is 18.8 Å². The summed E-state index contributed by atoms with van der Waals surface area (Å²) in [7, 11) is 0. The first kappa shape index (κ1) is 12.9. The molecule has 0 aromatic heterocycles. The molecule has 0 atom stereocenters. The fourth-order valence-electron chi connectivity index (χ4n) is 3.49. The number of hydrogen-bond donors (Lipinski definition) is 1. The summed E-state index contributed by atoms with van der Waals surface area (Å²) in [5.74, 6) is 0.244. The van der Waals surface area contributed by atoms with Crippen molar-refractivity contribution in [1.29, 1.82) is 0 Å². The molecule has 3 rings (SSSR count).